The Balaban J connectivity index is 3.13. The topological polar surface area (TPSA) is 52.9 Å². The fourth-order valence-corrected chi connectivity index (χ4v) is 0.926. The first-order valence-electron chi connectivity index (χ1n) is 3.47. The molecule has 3 heteroatoms. The molecule has 3 nitrogen and oxygen atoms in total. The molecule has 12 heavy (non-hydrogen) atoms. The number of hydrogen-bond acceptors (Lipinski definition) is 2. The Morgan fingerprint density at radius 3 is 2.83 bits per heavy atom. The standard InChI is InChI=1S/C9H8NO2/c1-12-9-3-2-7(5-10)8(4-9)6-11/h2-4H,6H2,1H3. The fourth-order valence-electron chi connectivity index (χ4n) is 0.926. The smallest absolute Gasteiger partial charge is 0.119 e. The second-order valence-electron chi connectivity index (χ2n) is 2.28. The van der Waals surface area contributed by atoms with Crippen LogP contribution in [-0.2, 0) is 11.7 Å². The van der Waals surface area contributed by atoms with Crippen LogP contribution >= 0.6 is 0 Å². The molecule has 1 rings (SSSR count). The number of hydrogen-bond donors (Lipinski definition) is 0. The maximum absolute atomic E-state index is 10.6. The summed E-state index contributed by atoms with van der Waals surface area (Å²) in [5.74, 6) is 0.611. The summed E-state index contributed by atoms with van der Waals surface area (Å²) in [6, 6.07) is 6.78. The van der Waals surface area contributed by atoms with Crippen molar-refractivity contribution in [3.8, 4) is 11.8 Å². The summed E-state index contributed by atoms with van der Waals surface area (Å²) in [5, 5.41) is 19.2. The van der Waals surface area contributed by atoms with Crippen LogP contribution in [0.15, 0.2) is 18.2 Å². The van der Waals surface area contributed by atoms with Gasteiger partial charge in [0.1, 0.15) is 12.4 Å². The lowest BCUT2D eigenvalue weighted by molar-refractivity contribution is 0.177. The van der Waals surface area contributed by atoms with Gasteiger partial charge in [-0.2, -0.15) is 5.26 Å². The molecule has 0 aliphatic carbocycles. The van der Waals surface area contributed by atoms with Crippen molar-refractivity contribution in [1.82, 2.24) is 0 Å². The molecule has 0 saturated heterocycles. The summed E-state index contributed by atoms with van der Waals surface area (Å²) >= 11 is 0. The van der Waals surface area contributed by atoms with E-state index in [2.05, 4.69) is 0 Å². The van der Waals surface area contributed by atoms with Crippen molar-refractivity contribution < 1.29 is 9.84 Å². The van der Waals surface area contributed by atoms with Gasteiger partial charge in [0, 0.05) is 5.56 Å². The van der Waals surface area contributed by atoms with E-state index < -0.39 is 0 Å². The maximum atomic E-state index is 10.6. The molecule has 1 aromatic rings. The molecule has 0 unspecified atom stereocenters. The second kappa shape index (κ2) is 3.74. The molecule has 0 spiro atoms. The number of benzene rings is 1. The van der Waals surface area contributed by atoms with E-state index in [-0.39, 0.29) is 6.61 Å². The van der Waals surface area contributed by atoms with E-state index in [0.29, 0.717) is 16.9 Å². The van der Waals surface area contributed by atoms with Crippen LogP contribution in [0.2, 0.25) is 0 Å². The Kier molecular flexibility index (Phi) is 2.67. The third-order valence-electron chi connectivity index (χ3n) is 1.59. The highest BCUT2D eigenvalue weighted by atomic mass is 16.5. The van der Waals surface area contributed by atoms with Gasteiger partial charge in [-0.3, -0.25) is 0 Å². The maximum Gasteiger partial charge on any atom is 0.119 e. The first kappa shape index (κ1) is 8.57. The van der Waals surface area contributed by atoms with E-state index in [9.17, 15) is 5.11 Å². The first-order chi connectivity index (χ1) is 5.81. The normalized spacial score (nSPS) is 9.08. The van der Waals surface area contributed by atoms with Crippen LogP contribution in [0.1, 0.15) is 11.1 Å². The van der Waals surface area contributed by atoms with Crippen molar-refractivity contribution in [1.29, 1.82) is 5.26 Å². The van der Waals surface area contributed by atoms with Crippen LogP contribution in [0.25, 0.3) is 0 Å². The summed E-state index contributed by atoms with van der Waals surface area (Å²) in [4.78, 5) is 0. The first-order valence-corrected chi connectivity index (χ1v) is 3.47. The van der Waals surface area contributed by atoms with Crippen molar-refractivity contribution in [3.63, 3.8) is 0 Å². The quantitative estimate of drug-likeness (QED) is 0.661. The molecule has 0 amide bonds. The zero-order valence-corrected chi connectivity index (χ0v) is 6.70. The molecular weight excluding hydrogens is 154 g/mol. The zero-order valence-electron chi connectivity index (χ0n) is 6.70. The summed E-state index contributed by atoms with van der Waals surface area (Å²) in [6.07, 6.45) is 0. The minimum atomic E-state index is -0.389. The summed E-state index contributed by atoms with van der Waals surface area (Å²) in [5.41, 5.74) is 0.905. The highest BCUT2D eigenvalue weighted by Crippen LogP contribution is 2.16. The van der Waals surface area contributed by atoms with E-state index >= 15 is 0 Å². The van der Waals surface area contributed by atoms with Crippen molar-refractivity contribution in [3.05, 3.63) is 29.3 Å². The van der Waals surface area contributed by atoms with E-state index in [4.69, 9.17) is 10.00 Å². The highest BCUT2D eigenvalue weighted by Gasteiger charge is 2.02. The lowest BCUT2D eigenvalue weighted by Gasteiger charge is -2.02. The van der Waals surface area contributed by atoms with Gasteiger partial charge in [-0.25, -0.2) is 5.11 Å². The Labute approximate surface area is 70.8 Å². The van der Waals surface area contributed by atoms with Gasteiger partial charge in [-0.15, -0.1) is 0 Å². The minimum absolute atomic E-state index is 0.389. The summed E-state index contributed by atoms with van der Waals surface area (Å²) in [6.45, 7) is -0.389. The van der Waals surface area contributed by atoms with Crippen LogP contribution < -0.4 is 4.74 Å². The Morgan fingerprint density at radius 1 is 1.58 bits per heavy atom. The molecule has 0 heterocycles. The van der Waals surface area contributed by atoms with Crippen LogP contribution in [0, 0.1) is 11.3 Å². The molecule has 0 bridgehead atoms. The van der Waals surface area contributed by atoms with E-state index in [1.807, 2.05) is 6.07 Å². The van der Waals surface area contributed by atoms with Crippen molar-refractivity contribution in [2.24, 2.45) is 0 Å². The predicted octanol–water partition coefficient (Wildman–Crippen LogP) is 1.50. The number of rotatable bonds is 2. The van der Waals surface area contributed by atoms with E-state index in [1.165, 1.54) is 7.11 Å². The Morgan fingerprint density at radius 2 is 2.33 bits per heavy atom. The van der Waals surface area contributed by atoms with E-state index in [0.717, 1.165) is 0 Å². The molecule has 0 aromatic heterocycles. The monoisotopic (exact) mass is 162 g/mol. The molecule has 0 atom stereocenters. The number of nitrogens with zero attached hydrogens (tertiary/aromatic N) is 1. The van der Waals surface area contributed by atoms with Crippen LogP contribution in [0.4, 0.5) is 0 Å². The number of nitriles is 1. The van der Waals surface area contributed by atoms with Crippen LogP contribution in [0.3, 0.4) is 0 Å². The van der Waals surface area contributed by atoms with Crippen LogP contribution in [-0.4, -0.2) is 7.11 Å². The van der Waals surface area contributed by atoms with Gasteiger partial charge in [-0.05, 0) is 18.2 Å². The SMILES string of the molecule is COc1ccc(C#N)c(C[O])c1. The molecular formula is C9H8NO2. The van der Waals surface area contributed by atoms with Crippen LogP contribution in [0.5, 0.6) is 5.75 Å². The van der Waals surface area contributed by atoms with Gasteiger partial charge >= 0.3 is 0 Å². The highest BCUT2D eigenvalue weighted by molar-refractivity contribution is 5.42. The molecule has 1 radical (unpaired) electrons. The van der Waals surface area contributed by atoms with Gasteiger partial charge in [0.2, 0.25) is 0 Å². The lowest BCUT2D eigenvalue weighted by Crippen LogP contribution is -1.90. The average molecular weight is 162 g/mol. The molecule has 0 aliphatic heterocycles. The number of ether oxygens (including phenoxy) is 1. The van der Waals surface area contributed by atoms with Gasteiger partial charge in [0.15, 0.2) is 0 Å². The summed E-state index contributed by atoms with van der Waals surface area (Å²) in [7, 11) is 1.52. The van der Waals surface area contributed by atoms with Gasteiger partial charge in [-0.1, -0.05) is 0 Å². The predicted molar refractivity (Wildman–Crippen MR) is 42.1 cm³/mol. The van der Waals surface area contributed by atoms with Crippen molar-refractivity contribution in [2.45, 2.75) is 6.61 Å². The zero-order chi connectivity index (χ0) is 8.97. The lowest BCUT2D eigenvalue weighted by atomic mass is 10.1. The van der Waals surface area contributed by atoms with Gasteiger partial charge < -0.3 is 4.74 Å². The molecule has 0 aliphatic rings. The fraction of sp³-hybridized carbons (Fsp3) is 0.222. The van der Waals surface area contributed by atoms with Gasteiger partial charge in [0.05, 0.1) is 18.7 Å². The second-order valence-corrected chi connectivity index (χ2v) is 2.28. The van der Waals surface area contributed by atoms with Crippen molar-refractivity contribution in [2.75, 3.05) is 7.11 Å². The van der Waals surface area contributed by atoms with Crippen molar-refractivity contribution >= 4 is 0 Å². The average Bonchev–Trinajstić information content (AvgIpc) is 2.16. The third-order valence-corrected chi connectivity index (χ3v) is 1.59. The molecule has 0 N–H and O–H groups in total. The molecule has 61 valence electrons. The Bertz CT molecular complexity index is 315. The third kappa shape index (κ3) is 1.55. The molecule has 0 fully saturated rings. The Hall–Kier alpha value is -1.53. The minimum Gasteiger partial charge on any atom is -0.497 e. The van der Waals surface area contributed by atoms with E-state index in [1.54, 1.807) is 18.2 Å². The largest absolute Gasteiger partial charge is 0.497 e. The molecule has 1 aromatic carbocycles. The number of methoxy groups -OCH3 is 1. The molecule has 0 saturated carbocycles. The van der Waals surface area contributed by atoms with Gasteiger partial charge in [0.25, 0.3) is 0 Å². The summed E-state index contributed by atoms with van der Waals surface area (Å²) < 4.78 is 4.91.